The molecule has 18 heavy (non-hydrogen) atoms. The van der Waals surface area contributed by atoms with E-state index >= 15 is 0 Å². The van der Waals surface area contributed by atoms with Gasteiger partial charge in [-0.3, -0.25) is 0 Å². The number of allylic oxidation sites excluding steroid dienone is 1. The molecule has 0 amide bonds. The van der Waals surface area contributed by atoms with Crippen molar-refractivity contribution in [2.24, 2.45) is 5.92 Å². The fraction of sp³-hybridized carbons (Fsp3) is 0.812. The van der Waals surface area contributed by atoms with Crippen LogP contribution < -0.4 is 0 Å². The third-order valence-electron chi connectivity index (χ3n) is 3.15. The average Bonchev–Trinajstić information content (AvgIpc) is 2.34. The molecule has 0 aromatic carbocycles. The van der Waals surface area contributed by atoms with Crippen molar-refractivity contribution in [2.45, 2.75) is 73.1 Å². The number of hydrogen-bond donors (Lipinski definition) is 0. The molecule has 0 spiro atoms. The van der Waals surface area contributed by atoms with Crippen LogP contribution in [0, 0.1) is 5.92 Å². The Morgan fingerprint density at radius 3 is 2.28 bits per heavy atom. The van der Waals surface area contributed by atoms with Gasteiger partial charge in [-0.05, 0) is 32.1 Å². The van der Waals surface area contributed by atoms with Gasteiger partial charge < -0.3 is 4.74 Å². The molecule has 0 saturated heterocycles. The molecule has 0 fully saturated rings. The van der Waals surface area contributed by atoms with Crippen molar-refractivity contribution >= 4 is 5.97 Å². The average molecular weight is 254 g/mol. The molecule has 0 aliphatic heterocycles. The van der Waals surface area contributed by atoms with Gasteiger partial charge in [0.1, 0.15) is 0 Å². The lowest BCUT2D eigenvalue weighted by atomic mass is 9.97. The van der Waals surface area contributed by atoms with E-state index in [-0.39, 0.29) is 5.97 Å². The number of rotatable bonds is 9. The van der Waals surface area contributed by atoms with Crippen molar-refractivity contribution < 1.29 is 9.53 Å². The maximum atomic E-state index is 11.9. The zero-order valence-electron chi connectivity index (χ0n) is 12.8. The van der Waals surface area contributed by atoms with Gasteiger partial charge in [0.15, 0.2) is 0 Å². The Hall–Kier alpha value is -0.790. The standard InChI is InChI=1S/C16H30O2/c1-6-8-9-10-11-18-16(17)14(5)15(7-2)12-13(3)4/h13H,6-12H2,1-5H3/b15-14-. The molecule has 0 unspecified atom stereocenters. The fourth-order valence-electron chi connectivity index (χ4n) is 2.00. The summed E-state index contributed by atoms with van der Waals surface area (Å²) in [5.74, 6) is 0.469. The summed E-state index contributed by atoms with van der Waals surface area (Å²) in [5, 5.41) is 0. The Labute approximate surface area is 113 Å². The Morgan fingerprint density at radius 2 is 1.78 bits per heavy atom. The van der Waals surface area contributed by atoms with Crippen LogP contribution in [0.3, 0.4) is 0 Å². The first-order chi connectivity index (χ1) is 8.52. The summed E-state index contributed by atoms with van der Waals surface area (Å²) in [4.78, 5) is 11.9. The van der Waals surface area contributed by atoms with Crippen molar-refractivity contribution in [3.05, 3.63) is 11.1 Å². The van der Waals surface area contributed by atoms with Crippen LogP contribution >= 0.6 is 0 Å². The van der Waals surface area contributed by atoms with Gasteiger partial charge in [0.05, 0.1) is 6.61 Å². The second-order valence-electron chi connectivity index (χ2n) is 5.38. The van der Waals surface area contributed by atoms with Crippen molar-refractivity contribution in [1.29, 1.82) is 0 Å². The van der Waals surface area contributed by atoms with Crippen LogP contribution in [0.1, 0.15) is 73.1 Å². The summed E-state index contributed by atoms with van der Waals surface area (Å²) in [6, 6.07) is 0. The Kier molecular flexibility index (Phi) is 9.72. The maximum absolute atomic E-state index is 11.9. The number of ether oxygens (including phenoxy) is 1. The molecule has 0 aromatic heterocycles. The lowest BCUT2D eigenvalue weighted by Gasteiger charge is -2.12. The summed E-state index contributed by atoms with van der Waals surface area (Å²) in [7, 11) is 0. The van der Waals surface area contributed by atoms with Gasteiger partial charge in [-0.2, -0.15) is 0 Å². The molecule has 2 nitrogen and oxygen atoms in total. The zero-order chi connectivity index (χ0) is 14.0. The molecule has 0 aliphatic rings. The van der Waals surface area contributed by atoms with Gasteiger partial charge in [0.2, 0.25) is 0 Å². The topological polar surface area (TPSA) is 26.3 Å². The van der Waals surface area contributed by atoms with Gasteiger partial charge in [0.25, 0.3) is 0 Å². The Morgan fingerprint density at radius 1 is 1.11 bits per heavy atom. The number of hydrogen-bond acceptors (Lipinski definition) is 2. The Balaban J connectivity index is 4.16. The largest absolute Gasteiger partial charge is 0.462 e. The van der Waals surface area contributed by atoms with E-state index in [0.717, 1.165) is 31.3 Å². The van der Waals surface area contributed by atoms with Gasteiger partial charge in [0, 0.05) is 5.57 Å². The smallest absolute Gasteiger partial charge is 0.333 e. The van der Waals surface area contributed by atoms with Crippen LogP contribution in [0.25, 0.3) is 0 Å². The zero-order valence-corrected chi connectivity index (χ0v) is 12.8. The van der Waals surface area contributed by atoms with Crippen LogP contribution in [-0.2, 0) is 9.53 Å². The van der Waals surface area contributed by atoms with E-state index in [9.17, 15) is 4.79 Å². The Bertz CT molecular complexity index is 264. The SMILES string of the molecule is CCCCCCOC(=O)/C(C)=C(/CC)CC(C)C. The molecule has 0 saturated carbocycles. The van der Waals surface area contributed by atoms with Crippen LogP contribution in [0.5, 0.6) is 0 Å². The van der Waals surface area contributed by atoms with E-state index in [1.54, 1.807) is 0 Å². The third kappa shape index (κ3) is 7.52. The maximum Gasteiger partial charge on any atom is 0.333 e. The quantitative estimate of drug-likeness (QED) is 0.333. The van der Waals surface area contributed by atoms with Crippen LogP contribution in [-0.4, -0.2) is 12.6 Å². The molecule has 0 N–H and O–H groups in total. The normalized spacial score (nSPS) is 12.6. The van der Waals surface area contributed by atoms with Crippen LogP contribution in [0.2, 0.25) is 0 Å². The molecule has 106 valence electrons. The van der Waals surface area contributed by atoms with E-state index < -0.39 is 0 Å². The highest BCUT2D eigenvalue weighted by atomic mass is 16.5. The van der Waals surface area contributed by atoms with E-state index in [1.807, 2.05) is 6.92 Å². The van der Waals surface area contributed by atoms with E-state index in [1.165, 1.54) is 18.4 Å². The number of carbonyl (C=O) groups excluding carboxylic acids is 1. The lowest BCUT2D eigenvalue weighted by Crippen LogP contribution is -2.10. The highest BCUT2D eigenvalue weighted by Crippen LogP contribution is 2.19. The van der Waals surface area contributed by atoms with E-state index in [0.29, 0.717) is 12.5 Å². The molecular formula is C16H30O2. The second-order valence-corrected chi connectivity index (χ2v) is 5.38. The fourth-order valence-corrected chi connectivity index (χ4v) is 2.00. The summed E-state index contributed by atoms with van der Waals surface area (Å²) in [6.07, 6.45) is 6.50. The van der Waals surface area contributed by atoms with Gasteiger partial charge in [-0.1, -0.05) is 52.5 Å². The predicted octanol–water partition coefficient (Wildman–Crippen LogP) is 4.88. The van der Waals surface area contributed by atoms with Crippen LogP contribution in [0.4, 0.5) is 0 Å². The molecular weight excluding hydrogens is 224 g/mol. The minimum atomic E-state index is -0.121. The molecule has 0 aromatic rings. The molecule has 0 heterocycles. The molecule has 2 heteroatoms. The number of unbranched alkanes of at least 4 members (excludes halogenated alkanes) is 3. The van der Waals surface area contributed by atoms with Gasteiger partial charge in [-0.25, -0.2) is 4.79 Å². The van der Waals surface area contributed by atoms with E-state index in [2.05, 4.69) is 27.7 Å². The minimum absolute atomic E-state index is 0.121. The third-order valence-corrected chi connectivity index (χ3v) is 3.15. The summed E-state index contributed by atoms with van der Waals surface area (Å²) < 4.78 is 5.32. The predicted molar refractivity (Wildman–Crippen MR) is 77.5 cm³/mol. The summed E-state index contributed by atoms with van der Waals surface area (Å²) in [5.41, 5.74) is 2.06. The van der Waals surface area contributed by atoms with Crippen molar-refractivity contribution in [1.82, 2.24) is 0 Å². The monoisotopic (exact) mass is 254 g/mol. The highest BCUT2D eigenvalue weighted by Gasteiger charge is 2.12. The molecule has 0 bridgehead atoms. The molecule has 0 atom stereocenters. The summed E-state index contributed by atoms with van der Waals surface area (Å²) >= 11 is 0. The van der Waals surface area contributed by atoms with Gasteiger partial charge in [-0.15, -0.1) is 0 Å². The van der Waals surface area contributed by atoms with Crippen molar-refractivity contribution in [3.63, 3.8) is 0 Å². The first kappa shape index (κ1) is 17.2. The first-order valence-electron chi connectivity index (χ1n) is 7.38. The molecule has 0 radical (unpaired) electrons. The number of esters is 1. The second kappa shape index (κ2) is 10.2. The summed E-state index contributed by atoms with van der Waals surface area (Å²) in [6.45, 7) is 11.1. The van der Waals surface area contributed by atoms with Crippen molar-refractivity contribution in [3.8, 4) is 0 Å². The van der Waals surface area contributed by atoms with E-state index in [4.69, 9.17) is 4.74 Å². The van der Waals surface area contributed by atoms with Gasteiger partial charge >= 0.3 is 5.97 Å². The first-order valence-corrected chi connectivity index (χ1v) is 7.38. The molecule has 0 rings (SSSR count). The molecule has 0 aliphatic carbocycles. The highest BCUT2D eigenvalue weighted by molar-refractivity contribution is 5.88. The minimum Gasteiger partial charge on any atom is -0.462 e. The number of carbonyl (C=O) groups is 1. The lowest BCUT2D eigenvalue weighted by molar-refractivity contribution is -0.139. The van der Waals surface area contributed by atoms with Crippen LogP contribution in [0.15, 0.2) is 11.1 Å². The van der Waals surface area contributed by atoms with Crippen molar-refractivity contribution in [2.75, 3.05) is 6.61 Å².